The molecule has 2 rings (SSSR count). The zero-order valence-electron chi connectivity index (χ0n) is 7.03. The van der Waals surface area contributed by atoms with Gasteiger partial charge in [-0.15, -0.1) is 0 Å². The van der Waals surface area contributed by atoms with Gasteiger partial charge in [0.1, 0.15) is 17.3 Å². The third kappa shape index (κ3) is 1.56. The second-order valence-corrected chi connectivity index (χ2v) is 2.85. The highest BCUT2D eigenvalue weighted by atomic mass is 16.1. The van der Waals surface area contributed by atoms with E-state index in [2.05, 4.69) is 15.4 Å². The Labute approximate surface area is 75.0 Å². The molecule has 0 spiro atoms. The van der Waals surface area contributed by atoms with Crippen molar-refractivity contribution in [3.8, 4) is 0 Å². The Hall–Kier alpha value is -1.71. The molecule has 4 heteroatoms. The topological polar surface area (TPSA) is 58.6 Å². The monoisotopic (exact) mass is 175 g/mol. The van der Waals surface area contributed by atoms with E-state index in [1.165, 1.54) is 0 Å². The summed E-state index contributed by atoms with van der Waals surface area (Å²) in [6.45, 7) is 0. The molecule has 4 nitrogen and oxygen atoms in total. The van der Waals surface area contributed by atoms with Gasteiger partial charge in [0.25, 0.3) is 0 Å². The number of rotatable bonds is 3. The van der Waals surface area contributed by atoms with Gasteiger partial charge in [-0.05, 0) is 24.1 Å². The molecule has 0 aliphatic carbocycles. The number of carbonyl (C=O) groups excluding carboxylic acids is 1. The maximum atomic E-state index is 10.2. The normalized spacial score (nSPS) is 10.5. The van der Waals surface area contributed by atoms with Crippen LogP contribution < -0.4 is 0 Å². The molecule has 1 aromatic heterocycles. The van der Waals surface area contributed by atoms with E-state index in [-0.39, 0.29) is 0 Å². The Kier molecular flexibility index (Phi) is 2.04. The predicted molar refractivity (Wildman–Crippen MR) is 48.3 cm³/mol. The zero-order valence-corrected chi connectivity index (χ0v) is 7.03. The van der Waals surface area contributed by atoms with Gasteiger partial charge in [0.05, 0.1) is 0 Å². The summed E-state index contributed by atoms with van der Waals surface area (Å²) in [6.07, 6.45) is 2.25. The fourth-order valence-electron chi connectivity index (χ4n) is 1.27. The molecule has 0 amide bonds. The molecule has 0 fully saturated rings. The highest BCUT2D eigenvalue weighted by molar-refractivity contribution is 5.74. The number of hydrogen-bond acceptors (Lipinski definition) is 3. The van der Waals surface area contributed by atoms with E-state index in [9.17, 15) is 4.79 Å². The number of aldehydes is 1. The minimum absolute atomic E-state index is 0.559. The minimum atomic E-state index is 0.559. The fraction of sp³-hybridized carbons (Fsp3) is 0.222. The van der Waals surface area contributed by atoms with Crippen LogP contribution in [0.25, 0.3) is 11.0 Å². The average Bonchev–Trinajstić information content (AvgIpc) is 2.61. The number of H-pyrrole nitrogens is 1. The van der Waals surface area contributed by atoms with Crippen molar-refractivity contribution in [2.24, 2.45) is 0 Å². The largest absolute Gasteiger partial charge is 0.303 e. The van der Waals surface area contributed by atoms with E-state index in [1.54, 1.807) is 0 Å². The first kappa shape index (κ1) is 7.91. The van der Waals surface area contributed by atoms with Crippen molar-refractivity contribution >= 4 is 17.3 Å². The molecule has 13 heavy (non-hydrogen) atoms. The van der Waals surface area contributed by atoms with Crippen LogP contribution in [0.1, 0.15) is 12.0 Å². The molecule has 0 radical (unpaired) electrons. The third-order valence-electron chi connectivity index (χ3n) is 1.93. The van der Waals surface area contributed by atoms with Crippen LogP contribution in [0.3, 0.4) is 0 Å². The molecule has 0 aliphatic heterocycles. The smallest absolute Gasteiger partial charge is 0.120 e. The number of nitrogens with one attached hydrogen (secondary N) is 1. The van der Waals surface area contributed by atoms with Gasteiger partial charge in [-0.25, -0.2) is 0 Å². The summed E-state index contributed by atoms with van der Waals surface area (Å²) >= 11 is 0. The van der Waals surface area contributed by atoms with Crippen LogP contribution in [0, 0.1) is 0 Å². The fourth-order valence-corrected chi connectivity index (χ4v) is 1.27. The first-order chi connectivity index (χ1) is 6.40. The molecule has 66 valence electrons. The highest BCUT2D eigenvalue weighted by Gasteiger charge is 1.98. The van der Waals surface area contributed by atoms with E-state index < -0.39 is 0 Å². The number of carbonyl (C=O) groups is 1. The maximum absolute atomic E-state index is 10.2. The maximum Gasteiger partial charge on any atom is 0.120 e. The van der Waals surface area contributed by atoms with Gasteiger partial charge in [0.2, 0.25) is 0 Å². The molecule has 1 heterocycles. The summed E-state index contributed by atoms with van der Waals surface area (Å²) in [5.41, 5.74) is 2.83. The molecule has 0 saturated heterocycles. The van der Waals surface area contributed by atoms with E-state index in [1.807, 2.05) is 18.2 Å². The molecule has 0 aliphatic rings. The van der Waals surface area contributed by atoms with Crippen molar-refractivity contribution in [2.45, 2.75) is 12.8 Å². The zero-order chi connectivity index (χ0) is 9.10. The van der Waals surface area contributed by atoms with Crippen LogP contribution in [-0.4, -0.2) is 21.7 Å². The summed E-state index contributed by atoms with van der Waals surface area (Å²) < 4.78 is 0. The van der Waals surface area contributed by atoms with Crippen LogP contribution in [0.5, 0.6) is 0 Å². The number of aryl methyl sites for hydroxylation is 1. The van der Waals surface area contributed by atoms with Crippen molar-refractivity contribution in [2.75, 3.05) is 0 Å². The Morgan fingerprint density at radius 2 is 2.15 bits per heavy atom. The summed E-state index contributed by atoms with van der Waals surface area (Å²) in [4.78, 5) is 10.2. The van der Waals surface area contributed by atoms with Gasteiger partial charge in [-0.3, -0.25) is 0 Å². The molecular formula is C9H9N3O. The van der Waals surface area contributed by atoms with E-state index >= 15 is 0 Å². The Morgan fingerprint density at radius 1 is 1.31 bits per heavy atom. The molecule has 0 atom stereocenters. The second kappa shape index (κ2) is 3.35. The van der Waals surface area contributed by atoms with Crippen molar-refractivity contribution in [3.63, 3.8) is 0 Å². The van der Waals surface area contributed by atoms with Gasteiger partial charge in [-0.2, -0.15) is 15.4 Å². The Bertz CT molecular complexity index is 421. The lowest BCUT2D eigenvalue weighted by Crippen LogP contribution is -1.85. The Morgan fingerprint density at radius 3 is 3.00 bits per heavy atom. The number of fused-ring (bicyclic) bond motifs is 1. The van der Waals surface area contributed by atoms with Crippen LogP contribution in [0.4, 0.5) is 0 Å². The number of aromatic amines is 1. The van der Waals surface area contributed by atoms with E-state index in [0.717, 1.165) is 29.3 Å². The molecule has 0 saturated carbocycles. The van der Waals surface area contributed by atoms with Crippen LogP contribution >= 0.6 is 0 Å². The number of nitrogens with zero attached hydrogens (tertiary/aromatic N) is 2. The minimum Gasteiger partial charge on any atom is -0.303 e. The van der Waals surface area contributed by atoms with Crippen LogP contribution in [0.15, 0.2) is 18.2 Å². The lowest BCUT2D eigenvalue weighted by atomic mass is 10.1. The SMILES string of the molecule is O=CCCc1ccc2n[nH]nc2c1. The van der Waals surface area contributed by atoms with Crippen molar-refractivity contribution in [3.05, 3.63) is 23.8 Å². The first-order valence-corrected chi connectivity index (χ1v) is 4.13. The van der Waals surface area contributed by atoms with Crippen LogP contribution in [0.2, 0.25) is 0 Å². The first-order valence-electron chi connectivity index (χ1n) is 4.13. The summed E-state index contributed by atoms with van der Waals surface area (Å²) in [7, 11) is 0. The summed E-state index contributed by atoms with van der Waals surface area (Å²) in [6, 6.07) is 5.82. The molecule has 1 N–H and O–H groups in total. The molecule has 1 aromatic carbocycles. The van der Waals surface area contributed by atoms with Gasteiger partial charge in [0, 0.05) is 6.42 Å². The summed E-state index contributed by atoms with van der Waals surface area (Å²) in [5, 5.41) is 10.4. The van der Waals surface area contributed by atoms with Crippen LogP contribution in [-0.2, 0) is 11.2 Å². The van der Waals surface area contributed by atoms with E-state index in [4.69, 9.17) is 0 Å². The highest BCUT2D eigenvalue weighted by Crippen LogP contribution is 2.11. The third-order valence-corrected chi connectivity index (χ3v) is 1.93. The van der Waals surface area contributed by atoms with Gasteiger partial charge < -0.3 is 4.79 Å². The van der Waals surface area contributed by atoms with Crippen molar-refractivity contribution in [1.29, 1.82) is 0 Å². The molecular weight excluding hydrogens is 166 g/mol. The molecule has 0 unspecified atom stereocenters. The number of benzene rings is 1. The summed E-state index contributed by atoms with van der Waals surface area (Å²) in [5.74, 6) is 0. The molecule has 2 aromatic rings. The van der Waals surface area contributed by atoms with Crippen molar-refractivity contribution in [1.82, 2.24) is 15.4 Å². The quantitative estimate of drug-likeness (QED) is 0.710. The standard InChI is InChI=1S/C9H9N3O/c13-5-1-2-7-3-4-8-9(6-7)11-12-10-8/h3-6H,1-2H2,(H,10,11,12). The lowest BCUT2D eigenvalue weighted by molar-refractivity contribution is -0.107. The van der Waals surface area contributed by atoms with Gasteiger partial charge >= 0.3 is 0 Å². The Balaban J connectivity index is 2.31. The number of hydrogen-bond donors (Lipinski definition) is 1. The van der Waals surface area contributed by atoms with Gasteiger partial charge in [0.15, 0.2) is 0 Å². The average molecular weight is 175 g/mol. The molecule has 0 bridgehead atoms. The van der Waals surface area contributed by atoms with Crippen molar-refractivity contribution < 1.29 is 4.79 Å². The predicted octanol–water partition coefficient (Wildman–Crippen LogP) is 1.09. The lowest BCUT2D eigenvalue weighted by Gasteiger charge is -1.95. The van der Waals surface area contributed by atoms with Gasteiger partial charge in [-0.1, -0.05) is 6.07 Å². The second-order valence-electron chi connectivity index (χ2n) is 2.85. The van der Waals surface area contributed by atoms with E-state index in [0.29, 0.717) is 6.42 Å². The number of aromatic nitrogens is 3.